The second-order valence-electron chi connectivity index (χ2n) is 4.17. The van der Waals surface area contributed by atoms with Gasteiger partial charge in [0, 0.05) is 12.5 Å². The van der Waals surface area contributed by atoms with Gasteiger partial charge in [0.25, 0.3) is 0 Å². The summed E-state index contributed by atoms with van der Waals surface area (Å²) in [7, 11) is 0. The summed E-state index contributed by atoms with van der Waals surface area (Å²) in [5, 5.41) is 2.74. The molecule has 0 aromatic heterocycles. The van der Waals surface area contributed by atoms with Gasteiger partial charge in [-0.25, -0.2) is 0 Å². The molecule has 3 N–H and O–H groups in total. The molecule has 0 amide bonds. The molecule has 2 aliphatic rings. The Labute approximate surface area is 91.3 Å². The number of alkyl halides is 3. The molecule has 0 aromatic rings. The molecule has 1 unspecified atom stereocenters. The van der Waals surface area contributed by atoms with E-state index in [1.165, 1.54) is 0 Å². The first-order valence-electron chi connectivity index (χ1n) is 5.28. The molecular formula is C9H15F3N2O2. The van der Waals surface area contributed by atoms with Crippen molar-refractivity contribution in [2.45, 2.75) is 37.5 Å². The molecule has 2 saturated heterocycles. The number of nitrogens with one attached hydrogen (secondary N) is 1. The fourth-order valence-electron chi connectivity index (χ4n) is 2.24. The summed E-state index contributed by atoms with van der Waals surface area (Å²) in [6.07, 6.45) is -5.24. The highest BCUT2D eigenvalue weighted by atomic mass is 19.4. The molecule has 2 rings (SSSR count). The van der Waals surface area contributed by atoms with Gasteiger partial charge in [-0.15, -0.1) is 0 Å². The highest BCUT2D eigenvalue weighted by molar-refractivity contribution is 4.92. The Balaban J connectivity index is 1.95. The van der Waals surface area contributed by atoms with Crippen LogP contribution < -0.4 is 11.1 Å². The van der Waals surface area contributed by atoms with E-state index < -0.39 is 30.6 Å². The molecule has 0 spiro atoms. The van der Waals surface area contributed by atoms with Crippen LogP contribution in [0.5, 0.6) is 0 Å². The fraction of sp³-hybridized carbons (Fsp3) is 1.00. The third-order valence-corrected chi connectivity index (χ3v) is 2.98. The van der Waals surface area contributed by atoms with Crippen LogP contribution in [0.2, 0.25) is 0 Å². The maximum absolute atomic E-state index is 12.7. The number of ether oxygens (including phenoxy) is 2. The van der Waals surface area contributed by atoms with Crippen molar-refractivity contribution in [3.63, 3.8) is 0 Å². The van der Waals surface area contributed by atoms with E-state index in [2.05, 4.69) is 5.32 Å². The Morgan fingerprint density at radius 1 is 1.25 bits per heavy atom. The van der Waals surface area contributed by atoms with Gasteiger partial charge in [-0.2, -0.15) is 13.2 Å². The number of rotatable bonds is 2. The van der Waals surface area contributed by atoms with Gasteiger partial charge in [-0.1, -0.05) is 0 Å². The van der Waals surface area contributed by atoms with Gasteiger partial charge in [-0.05, 0) is 6.42 Å². The Hall–Kier alpha value is -0.370. The zero-order valence-corrected chi connectivity index (χ0v) is 8.67. The van der Waals surface area contributed by atoms with Crippen molar-refractivity contribution in [1.82, 2.24) is 5.32 Å². The Morgan fingerprint density at radius 2 is 1.88 bits per heavy atom. The van der Waals surface area contributed by atoms with Crippen LogP contribution in [-0.4, -0.2) is 37.9 Å². The maximum Gasteiger partial charge on any atom is 0.393 e. The van der Waals surface area contributed by atoms with Crippen molar-refractivity contribution in [1.29, 1.82) is 0 Å². The average Bonchev–Trinajstić information content (AvgIpc) is 2.74. The van der Waals surface area contributed by atoms with Crippen molar-refractivity contribution in [3.8, 4) is 0 Å². The summed E-state index contributed by atoms with van der Waals surface area (Å²) >= 11 is 0. The van der Waals surface area contributed by atoms with E-state index in [9.17, 15) is 13.2 Å². The predicted molar refractivity (Wildman–Crippen MR) is 49.4 cm³/mol. The van der Waals surface area contributed by atoms with Crippen molar-refractivity contribution in [2.75, 3.05) is 13.2 Å². The van der Waals surface area contributed by atoms with Gasteiger partial charge >= 0.3 is 6.18 Å². The van der Waals surface area contributed by atoms with E-state index in [1.807, 2.05) is 0 Å². The highest BCUT2D eigenvalue weighted by Gasteiger charge is 2.50. The molecule has 4 nitrogen and oxygen atoms in total. The normalized spacial score (nSPS) is 37.1. The van der Waals surface area contributed by atoms with Crippen LogP contribution in [0.15, 0.2) is 0 Å². The summed E-state index contributed by atoms with van der Waals surface area (Å²) < 4.78 is 48.3. The van der Waals surface area contributed by atoms with Gasteiger partial charge in [0.2, 0.25) is 0 Å². The fourth-order valence-corrected chi connectivity index (χ4v) is 2.24. The molecule has 2 aliphatic heterocycles. The monoisotopic (exact) mass is 240 g/mol. The smallest absolute Gasteiger partial charge is 0.350 e. The van der Waals surface area contributed by atoms with E-state index in [0.717, 1.165) is 0 Å². The first-order valence-corrected chi connectivity index (χ1v) is 5.28. The van der Waals surface area contributed by atoms with Crippen molar-refractivity contribution in [3.05, 3.63) is 0 Å². The molecule has 7 heteroatoms. The summed E-state index contributed by atoms with van der Waals surface area (Å²) in [6.45, 7) is 0.889. The van der Waals surface area contributed by atoms with Crippen LogP contribution in [0.3, 0.4) is 0 Å². The zero-order chi connectivity index (χ0) is 11.8. The number of nitrogens with two attached hydrogens (primary N) is 1. The Kier molecular flexibility index (Phi) is 3.39. The highest BCUT2D eigenvalue weighted by Crippen LogP contribution is 2.37. The first-order chi connectivity index (χ1) is 7.47. The van der Waals surface area contributed by atoms with E-state index in [0.29, 0.717) is 13.2 Å². The van der Waals surface area contributed by atoms with Crippen LogP contribution in [0, 0.1) is 5.92 Å². The summed E-state index contributed by atoms with van der Waals surface area (Å²) in [5.41, 5.74) is 5.49. The predicted octanol–water partition coefficient (Wildman–Crippen LogP) is 0.575. The van der Waals surface area contributed by atoms with Gasteiger partial charge in [-0.3, -0.25) is 5.32 Å². The van der Waals surface area contributed by atoms with Crippen LogP contribution in [0.25, 0.3) is 0 Å². The zero-order valence-electron chi connectivity index (χ0n) is 8.67. The molecule has 16 heavy (non-hydrogen) atoms. The van der Waals surface area contributed by atoms with Gasteiger partial charge < -0.3 is 15.2 Å². The largest absolute Gasteiger partial charge is 0.393 e. The van der Waals surface area contributed by atoms with Gasteiger partial charge in [0.05, 0.1) is 25.3 Å². The summed E-state index contributed by atoms with van der Waals surface area (Å²) in [6, 6.07) is -0.710. The maximum atomic E-state index is 12.7. The van der Waals surface area contributed by atoms with Crippen molar-refractivity contribution >= 4 is 0 Å². The molecular weight excluding hydrogens is 225 g/mol. The second-order valence-corrected chi connectivity index (χ2v) is 4.17. The number of hydrogen-bond acceptors (Lipinski definition) is 4. The lowest BCUT2D eigenvalue weighted by Crippen LogP contribution is -2.41. The Morgan fingerprint density at radius 3 is 2.44 bits per heavy atom. The molecule has 0 aliphatic carbocycles. The molecule has 0 bridgehead atoms. The van der Waals surface area contributed by atoms with Crippen LogP contribution in [0.1, 0.15) is 12.8 Å². The molecule has 0 radical (unpaired) electrons. The van der Waals surface area contributed by atoms with Crippen LogP contribution >= 0.6 is 0 Å². The molecule has 0 aromatic carbocycles. The summed E-state index contributed by atoms with van der Waals surface area (Å²) in [5.74, 6) is -1.41. The van der Waals surface area contributed by atoms with E-state index >= 15 is 0 Å². The third-order valence-electron chi connectivity index (χ3n) is 2.98. The molecule has 0 saturated carbocycles. The molecule has 2 fully saturated rings. The van der Waals surface area contributed by atoms with Crippen molar-refractivity contribution < 1.29 is 22.6 Å². The second kappa shape index (κ2) is 4.48. The molecule has 2 heterocycles. The van der Waals surface area contributed by atoms with E-state index in [1.54, 1.807) is 0 Å². The lowest BCUT2D eigenvalue weighted by Gasteiger charge is -2.23. The third kappa shape index (κ3) is 2.65. The average molecular weight is 240 g/mol. The molecule has 94 valence electrons. The van der Waals surface area contributed by atoms with Gasteiger partial charge in [0.15, 0.2) is 6.29 Å². The quantitative estimate of drug-likeness (QED) is 0.741. The first kappa shape index (κ1) is 12.1. The van der Waals surface area contributed by atoms with Gasteiger partial charge in [0.1, 0.15) is 0 Å². The standard InChI is InChI=1S/C9H15F3N2O2/c10-9(11,12)5-3-7(13)14-6(5)4-8-15-1-2-16-8/h5-8,14H,1-4,13H2/t5-,6?,7-/m0/s1. The Bertz CT molecular complexity index is 243. The minimum absolute atomic E-state index is 0.0825. The van der Waals surface area contributed by atoms with Crippen LogP contribution in [0.4, 0.5) is 13.2 Å². The SMILES string of the molecule is N[C@@H]1C[C@H](C(F)(F)F)C(CC2OCCO2)N1. The number of halogens is 3. The minimum Gasteiger partial charge on any atom is -0.350 e. The lowest BCUT2D eigenvalue weighted by atomic mass is 9.97. The minimum atomic E-state index is -4.22. The van der Waals surface area contributed by atoms with Crippen molar-refractivity contribution in [2.24, 2.45) is 11.7 Å². The molecule has 3 atom stereocenters. The van der Waals surface area contributed by atoms with E-state index in [4.69, 9.17) is 15.2 Å². The topological polar surface area (TPSA) is 56.5 Å². The van der Waals surface area contributed by atoms with E-state index in [-0.39, 0.29) is 12.8 Å². The van der Waals surface area contributed by atoms with Crippen LogP contribution in [-0.2, 0) is 9.47 Å². The number of hydrogen-bond donors (Lipinski definition) is 2. The lowest BCUT2D eigenvalue weighted by molar-refractivity contribution is -0.181. The summed E-state index contributed by atoms with van der Waals surface area (Å²) in [4.78, 5) is 0.